The standard InChI is InChI=1S/C17H34N2O2/c1-12(2)10-13(3)19-15-9-7-8-14(15)11-18-16(20)21-17(4,5)6/h12-15,19H,7-11H2,1-6H3,(H,18,20). The van der Waals surface area contributed by atoms with E-state index in [-0.39, 0.29) is 6.09 Å². The van der Waals surface area contributed by atoms with Crippen LogP contribution in [-0.4, -0.2) is 30.3 Å². The van der Waals surface area contributed by atoms with Gasteiger partial charge in [0.15, 0.2) is 0 Å². The molecule has 0 heterocycles. The summed E-state index contributed by atoms with van der Waals surface area (Å²) in [4.78, 5) is 11.7. The van der Waals surface area contributed by atoms with Crippen LogP contribution in [0.5, 0.6) is 0 Å². The summed E-state index contributed by atoms with van der Waals surface area (Å²) < 4.78 is 5.30. The summed E-state index contributed by atoms with van der Waals surface area (Å²) in [5, 5.41) is 6.66. The minimum Gasteiger partial charge on any atom is -0.444 e. The topological polar surface area (TPSA) is 50.4 Å². The Labute approximate surface area is 130 Å². The van der Waals surface area contributed by atoms with Gasteiger partial charge in [-0.05, 0) is 58.8 Å². The highest BCUT2D eigenvalue weighted by molar-refractivity contribution is 5.67. The van der Waals surface area contributed by atoms with Gasteiger partial charge in [-0.25, -0.2) is 4.79 Å². The Morgan fingerprint density at radius 1 is 1.24 bits per heavy atom. The van der Waals surface area contributed by atoms with Crippen LogP contribution in [0.1, 0.15) is 67.2 Å². The smallest absolute Gasteiger partial charge is 0.407 e. The Hall–Kier alpha value is -0.770. The molecule has 4 nitrogen and oxygen atoms in total. The van der Waals surface area contributed by atoms with Crippen molar-refractivity contribution in [1.82, 2.24) is 10.6 Å². The fourth-order valence-corrected chi connectivity index (χ4v) is 3.17. The first-order chi connectivity index (χ1) is 9.67. The van der Waals surface area contributed by atoms with E-state index in [0.29, 0.717) is 30.5 Å². The number of carbonyl (C=O) groups excluding carboxylic acids is 1. The van der Waals surface area contributed by atoms with Gasteiger partial charge in [-0.1, -0.05) is 20.3 Å². The van der Waals surface area contributed by atoms with Gasteiger partial charge in [-0.2, -0.15) is 0 Å². The number of nitrogens with one attached hydrogen (secondary N) is 2. The van der Waals surface area contributed by atoms with E-state index in [2.05, 4.69) is 31.4 Å². The molecule has 0 aromatic rings. The molecule has 0 spiro atoms. The molecule has 1 rings (SSSR count). The van der Waals surface area contributed by atoms with Crippen molar-refractivity contribution in [2.24, 2.45) is 11.8 Å². The molecule has 0 bridgehead atoms. The zero-order valence-electron chi connectivity index (χ0n) is 14.7. The van der Waals surface area contributed by atoms with E-state index in [9.17, 15) is 4.79 Å². The Kier molecular flexibility index (Phi) is 6.98. The van der Waals surface area contributed by atoms with E-state index >= 15 is 0 Å². The number of carbonyl (C=O) groups is 1. The van der Waals surface area contributed by atoms with Crippen molar-refractivity contribution in [3.8, 4) is 0 Å². The SMILES string of the molecule is CC(C)CC(C)NC1CCCC1CNC(=O)OC(C)(C)C. The van der Waals surface area contributed by atoms with Gasteiger partial charge in [-0.3, -0.25) is 0 Å². The fraction of sp³-hybridized carbons (Fsp3) is 0.941. The second kappa shape index (κ2) is 8.02. The maximum atomic E-state index is 11.7. The maximum absolute atomic E-state index is 11.7. The molecule has 1 aliphatic rings. The lowest BCUT2D eigenvalue weighted by Crippen LogP contribution is -2.44. The van der Waals surface area contributed by atoms with Crippen LogP contribution in [0.25, 0.3) is 0 Å². The maximum Gasteiger partial charge on any atom is 0.407 e. The highest BCUT2D eigenvalue weighted by atomic mass is 16.6. The zero-order chi connectivity index (χ0) is 16.0. The molecule has 0 saturated heterocycles. The van der Waals surface area contributed by atoms with Crippen LogP contribution in [0.15, 0.2) is 0 Å². The molecular formula is C17H34N2O2. The Balaban J connectivity index is 2.35. The van der Waals surface area contributed by atoms with Crippen LogP contribution in [0.3, 0.4) is 0 Å². The van der Waals surface area contributed by atoms with E-state index in [1.807, 2.05) is 20.8 Å². The number of hydrogen-bond donors (Lipinski definition) is 2. The van der Waals surface area contributed by atoms with Gasteiger partial charge in [0.1, 0.15) is 5.60 Å². The molecule has 1 aliphatic carbocycles. The van der Waals surface area contributed by atoms with Gasteiger partial charge in [0.2, 0.25) is 0 Å². The molecule has 2 N–H and O–H groups in total. The first-order valence-electron chi connectivity index (χ1n) is 8.40. The van der Waals surface area contributed by atoms with Crippen molar-refractivity contribution < 1.29 is 9.53 Å². The molecule has 3 unspecified atom stereocenters. The van der Waals surface area contributed by atoms with E-state index < -0.39 is 5.60 Å². The average molecular weight is 298 g/mol. The highest BCUT2D eigenvalue weighted by Gasteiger charge is 2.29. The second-order valence-electron chi connectivity index (χ2n) is 7.88. The molecule has 0 radical (unpaired) electrons. The minimum atomic E-state index is -0.427. The molecule has 4 heteroatoms. The van der Waals surface area contributed by atoms with Gasteiger partial charge < -0.3 is 15.4 Å². The summed E-state index contributed by atoms with van der Waals surface area (Å²) in [7, 11) is 0. The molecule has 21 heavy (non-hydrogen) atoms. The number of ether oxygens (including phenoxy) is 1. The predicted molar refractivity (Wildman–Crippen MR) is 87.4 cm³/mol. The van der Waals surface area contributed by atoms with Crippen molar-refractivity contribution in [3.05, 3.63) is 0 Å². The van der Waals surface area contributed by atoms with Crippen molar-refractivity contribution in [1.29, 1.82) is 0 Å². The van der Waals surface area contributed by atoms with Crippen LogP contribution in [-0.2, 0) is 4.74 Å². The molecule has 124 valence electrons. The van der Waals surface area contributed by atoms with Gasteiger partial charge in [-0.15, -0.1) is 0 Å². The van der Waals surface area contributed by atoms with Crippen molar-refractivity contribution in [2.75, 3.05) is 6.54 Å². The van der Waals surface area contributed by atoms with E-state index in [1.165, 1.54) is 25.7 Å². The molecule has 3 atom stereocenters. The number of amides is 1. The molecule has 0 aliphatic heterocycles. The first-order valence-corrected chi connectivity index (χ1v) is 8.40. The minimum absolute atomic E-state index is 0.302. The quantitative estimate of drug-likeness (QED) is 0.786. The summed E-state index contributed by atoms with van der Waals surface area (Å²) in [5.74, 6) is 1.24. The second-order valence-corrected chi connectivity index (χ2v) is 7.88. The lowest BCUT2D eigenvalue weighted by molar-refractivity contribution is 0.0517. The normalized spacial score (nSPS) is 24.1. The molecule has 1 fully saturated rings. The largest absolute Gasteiger partial charge is 0.444 e. The van der Waals surface area contributed by atoms with Crippen molar-refractivity contribution in [2.45, 2.75) is 84.9 Å². The Morgan fingerprint density at radius 3 is 2.48 bits per heavy atom. The van der Waals surface area contributed by atoms with Crippen LogP contribution in [0, 0.1) is 11.8 Å². The summed E-state index contributed by atoms with van der Waals surface area (Å²) in [6, 6.07) is 1.06. The van der Waals surface area contributed by atoms with Crippen LogP contribution < -0.4 is 10.6 Å². The lowest BCUT2D eigenvalue weighted by atomic mass is 10.00. The average Bonchev–Trinajstić information content (AvgIpc) is 2.70. The van der Waals surface area contributed by atoms with E-state index in [4.69, 9.17) is 4.74 Å². The van der Waals surface area contributed by atoms with Crippen molar-refractivity contribution >= 4 is 6.09 Å². The van der Waals surface area contributed by atoms with Crippen LogP contribution in [0.4, 0.5) is 4.79 Å². The monoisotopic (exact) mass is 298 g/mol. The summed E-state index contributed by atoms with van der Waals surface area (Å²) in [6.07, 6.45) is 4.53. The third-order valence-corrected chi connectivity index (χ3v) is 3.89. The van der Waals surface area contributed by atoms with E-state index in [0.717, 1.165) is 0 Å². The highest BCUT2D eigenvalue weighted by Crippen LogP contribution is 2.26. The summed E-state index contributed by atoms with van der Waals surface area (Å²) in [5.41, 5.74) is -0.427. The summed E-state index contributed by atoms with van der Waals surface area (Å²) in [6.45, 7) is 13.2. The van der Waals surface area contributed by atoms with Crippen LogP contribution >= 0.6 is 0 Å². The third kappa shape index (κ3) is 7.70. The first kappa shape index (κ1) is 18.3. The number of alkyl carbamates (subject to hydrolysis) is 1. The predicted octanol–water partition coefficient (Wildman–Crippen LogP) is 3.70. The molecule has 0 aromatic carbocycles. The molecular weight excluding hydrogens is 264 g/mol. The third-order valence-electron chi connectivity index (χ3n) is 3.89. The number of hydrogen-bond acceptors (Lipinski definition) is 3. The van der Waals surface area contributed by atoms with Gasteiger partial charge >= 0.3 is 6.09 Å². The molecule has 0 aromatic heterocycles. The number of rotatable bonds is 6. The summed E-state index contributed by atoms with van der Waals surface area (Å²) >= 11 is 0. The fourth-order valence-electron chi connectivity index (χ4n) is 3.17. The zero-order valence-corrected chi connectivity index (χ0v) is 14.7. The molecule has 1 amide bonds. The lowest BCUT2D eigenvalue weighted by Gasteiger charge is -2.27. The van der Waals surface area contributed by atoms with Crippen LogP contribution in [0.2, 0.25) is 0 Å². The Bertz CT molecular complexity index is 323. The van der Waals surface area contributed by atoms with Crippen molar-refractivity contribution in [3.63, 3.8) is 0 Å². The van der Waals surface area contributed by atoms with E-state index in [1.54, 1.807) is 0 Å². The van der Waals surface area contributed by atoms with Gasteiger partial charge in [0.05, 0.1) is 0 Å². The van der Waals surface area contributed by atoms with Gasteiger partial charge in [0.25, 0.3) is 0 Å². The van der Waals surface area contributed by atoms with Gasteiger partial charge in [0, 0.05) is 18.6 Å². The molecule has 1 saturated carbocycles. The Morgan fingerprint density at radius 2 is 1.90 bits per heavy atom.